The van der Waals surface area contributed by atoms with Gasteiger partial charge in [-0.2, -0.15) is 18.3 Å². The highest BCUT2D eigenvalue weighted by atomic mass is 35.5. The molecule has 1 fully saturated rings. The van der Waals surface area contributed by atoms with Crippen LogP contribution in [0.2, 0.25) is 10.0 Å². The summed E-state index contributed by atoms with van der Waals surface area (Å²) in [4.78, 5) is 24.2. The minimum absolute atomic E-state index is 0.0599. The number of halogens is 5. The van der Waals surface area contributed by atoms with Crippen molar-refractivity contribution >= 4 is 40.8 Å². The topological polar surface area (TPSA) is 91.2 Å². The Kier molecular flexibility index (Phi) is 6.46. The number of hydrazone groups is 1. The maximum absolute atomic E-state index is 13.8. The number of alkyl halides is 3. The minimum Gasteiger partial charge on any atom is -0.478 e. The molecule has 1 amide bonds. The van der Waals surface area contributed by atoms with E-state index in [1.54, 1.807) is 12.1 Å². The van der Waals surface area contributed by atoms with E-state index in [1.807, 2.05) is 0 Å². The predicted molar refractivity (Wildman–Crippen MR) is 122 cm³/mol. The molecule has 7 nitrogen and oxygen atoms in total. The summed E-state index contributed by atoms with van der Waals surface area (Å²) in [5.74, 6) is -3.71. The lowest BCUT2D eigenvalue weighted by molar-refractivity contribution is -0.124. The average molecular weight is 528 g/mol. The number of amides is 1. The summed E-state index contributed by atoms with van der Waals surface area (Å²) in [6.45, 7) is 0. The summed E-state index contributed by atoms with van der Waals surface area (Å²) >= 11 is 11.9. The van der Waals surface area contributed by atoms with Gasteiger partial charge in [0.25, 0.3) is 0 Å². The fourth-order valence-electron chi connectivity index (χ4n) is 3.65. The minimum atomic E-state index is -4.87. The van der Waals surface area contributed by atoms with Crippen LogP contribution in [0.15, 0.2) is 59.5 Å². The molecule has 12 heteroatoms. The van der Waals surface area contributed by atoms with Crippen molar-refractivity contribution in [2.75, 3.05) is 7.05 Å². The Morgan fingerprint density at radius 1 is 1.14 bits per heavy atom. The molecule has 35 heavy (non-hydrogen) atoms. The fourth-order valence-corrected chi connectivity index (χ4v) is 3.94. The van der Waals surface area contributed by atoms with Crippen molar-refractivity contribution in [3.63, 3.8) is 0 Å². The molecule has 0 aromatic heterocycles. The average Bonchev–Trinajstić information content (AvgIpc) is 3.57. The van der Waals surface area contributed by atoms with Gasteiger partial charge in [0, 0.05) is 13.1 Å². The lowest BCUT2D eigenvalue weighted by atomic mass is 9.97. The number of hydrogen-bond donors (Lipinski definition) is 2. The Morgan fingerprint density at radius 3 is 2.34 bits per heavy atom. The summed E-state index contributed by atoms with van der Waals surface area (Å²) in [6, 6.07) is 10.2. The van der Waals surface area contributed by atoms with Crippen molar-refractivity contribution < 1.29 is 32.6 Å². The van der Waals surface area contributed by atoms with Crippen LogP contribution in [0.5, 0.6) is 5.75 Å². The zero-order valence-corrected chi connectivity index (χ0v) is 19.6. The second kappa shape index (κ2) is 9.09. The first kappa shape index (κ1) is 24.9. The van der Waals surface area contributed by atoms with Gasteiger partial charge in [-0.3, -0.25) is 4.79 Å². The van der Waals surface area contributed by atoms with Crippen molar-refractivity contribution in [2.24, 2.45) is 11.0 Å². The van der Waals surface area contributed by atoms with E-state index in [4.69, 9.17) is 33.0 Å². The van der Waals surface area contributed by atoms with Crippen LogP contribution in [0.4, 0.5) is 13.2 Å². The second-order valence-electron chi connectivity index (χ2n) is 8.12. The highest BCUT2D eigenvalue weighted by molar-refractivity contribution is 6.42. The third kappa shape index (κ3) is 5.23. The molecule has 1 aliphatic heterocycles. The summed E-state index contributed by atoms with van der Waals surface area (Å²) in [6.07, 6.45) is -2.85. The van der Waals surface area contributed by atoms with Gasteiger partial charge >= 0.3 is 12.1 Å². The van der Waals surface area contributed by atoms with Gasteiger partial charge in [0.15, 0.2) is 5.71 Å². The van der Waals surface area contributed by atoms with E-state index in [-0.39, 0.29) is 27.2 Å². The van der Waals surface area contributed by atoms with Crippen molar-refractivity contribution in [1.29, 1.82) is 0 Å². The highest BCUT2D eigenvalue weighted by Crippen LogP contribution is 2.46. The molecular weight excluding hydrogens is 510 g/mol. The maximum Gasteiger partial charge on any atom is 0.432 e. The first-order valence-electron chi connectivity index (χ1n) is 10.3. The highest BCUT2D eigenvalue weighted by Gasteiger charge is 2.50. The number of carbonyl (C=O) groups excluding carboxylic acids is 1. The molecule has 2 aromatic rings. The quantitative estimate of drug-likeness (QED) is 0.538. The second-order valence-corrected chi connectivity index (χ2v) is 8.94. The lowest BCUT2D eigenvalue weighted by Crippen LogP contribution is -2.47. The molecule has 0 bridgehead atoms. The number of ether oxygens (including phenoxy) is 1. The normalized spacial score (nSPS) is 18.9. The van der Waals surface area contributed by atoms with Gasteiger partial charge in [0.05, 0.1) is 21.1 Å². The molecule has 2 aliphatic rings. The fraction of sp³-hybridized carbons (Fsp3) is 0.261. The van der Waals surface area contributed by atoms with Crippen LogP contribution in [0.25, 0.3) is 0 Å². The van der Waals surface area contributed by atoms with Crippen LogP contribution in [0, 0.1) is 5.92 Å². The van der Waals surface area contributed by atoms with Crippen molar-refractivity contribution in [1.82, 2.24) is 10.3 Å². The molecule has 2 aromatic carbocycles. The van der Waals surface area contributed by atoms with Gasteiger partial charge in [-0.15, -0.1) is 0 Å². The number of rotatable bonds is 6. The summed E-state index contributed by atoms with van der Waals surface area (Å²) in [5, 5.41) is 16.7. The van der Waals surface area contributed by atoms with Crippen LogP contribution in [0.3, 0.4) is 0 Å². The van der Waals surface area contributed by atoms with E-state index in [0.29, 0.717) is 18.4 Å². The first-order valence-corrected chi connectivity index (χ1v) is 11.1. The molecule has 184 valence electrons. The van der Waals surface area contributed by atoms with E-state index in [0.717, 1.165) is 11.1 Å². The summed E-state index contributed by atoms with van der Waals surface area (Å²) in [7, 11) is 1.26. The Bertz CT molecular complexity index is 1240. The number of hydrogen-bond acceptors (Lipinski definition) is 5. The van der Waals surface area contributed by atoms with Gasteiger partial charge in [-0.1, -0.05) is 35.3 Å². The summed E-state index contributed by atoms with van der Waals surface area (Å²) < 4.78 is 47.0. The van der Waals surface area contributed by atoms with Crippen molar-refractivity contribution in [3.05, 3.63) is 75.6 Å². The predicted octanol–water partition coefficient (Wildman–Crippen LogP) is 5.20. The number of benzene rings is 2. The Hall–Kier alpha value is -3.24. The molecule has 1 saturated carbocycles. The van der Waals surface area contributed by atoms with E-state index >= 15 is 0 Å². The molecule has 0 saturated heterocycles. The number of carboxylic acids is 1. The Balaban J connectivity index is 1.61. The smallest absolute Gasteiger partial charge is 0.432 e. The van der Waals surface area contributed by atoms with Crippen LogP contribution in [0.1, 0.15) is 28.8 Å². The molecule has 1 unspecified atom stereocenters. The molecule has 4 rings (SSSR count). The number of aromatic carboxylic acids is 1. The van der Waals surface area contributed by atoms with Gasteiger partial charge < -0.3 is 15.2 Å². The molecule has 0 spiro atoms. The van der Waals surface area contributed by atoms with Gasteiger partial charge in [0.1, 0.15) is 11.7 Å². The molecule has 1 heterocycles. The number of carbonyl (C=O) groups is 2. The Labute approximate surface area is 207 Å². The monoisotopic (exact) mass is 527 g/mol. The zero-order valence-electron chi connectivity index (χ0n) is 18.1. The van der Waals surface area contributed by atoms with Crippen LogP contribution >= 0.6 is 23.2 Å². The van der Waals surface area contributed by atoms with E-state index in [9.17, 15) is 22.8 Å². The molecule has 2 N–H and O–H groups in total. The van der Waals surface area contributed by atoms with Crippen molar-refractivity contribution in [2.45, 2.75) is 24.6 Å². The molecule has 1 aliphatic carbocycles. The van der Waals surface area contributed by atoms with Crippen LogP contribution in [-0.2, 0) is 10.3 Å². The SMILES string of the molecule is CN1N=C(C(F)(F)F)C(C(=O)NC2(c3ccc(C(=O)O)cc3)CC2)C=C1Oc1ccc(Cl)c(Cl)c1. The standard InChI is InChI=1S/C23H18Cl2F3N3O4/c1-31-18(35-14-6-7-16(24)17(25)10-14)11-15(19(30-31)23(26,27)28)20(32)29-22(8-9-22)13-4-2-12(3-5-13)21(33)34/h2-7,10-11,15H,8-9H2,1H3,(H,29,32)(H,33,34). The van der Waals surface area contributed by atoms with Crippen LogP contribution < -0.4 is 10.1 Å². The largest absolute Gasteiger partial charge is 0.478 e. The Morgan fingerprint density at radius 2 is 1.80 bits per heavy atom. The molecule has 1 atom stereocenters. The van der Waals surface area contributed by atoms with Gasteiger partial charge in [-0.05, 0) is 48.7 Å². The first-order chi connectivity index (χ1) is 16.4. The number of nitrogens with zero attached hydrogens (tertiary/aromatic N) is 2. The van der Waals surface area contributed by atoms with Crippen LogP contribution in [-0.4, -0.2) is 40.9 Å². The lowest BCUT2D eigenvalue weighted by Gasteiger charge is -2.29. The third-order valence-corrected chi connectivity index (χ3v) is 6.40. The van der Waals surface area contributed by atoms with Crippen molar-refractivity contribution in [3.8, 4) is 5.75 Å². The molecular formula is C23H18Cl2F3N3O4. The molecule has 0 radical (unpaired) electrons. The van der Waals surface area contributed by atoms with E-state index in [1.165, 1.54) is 37.4 Å². The van der Waals surface area contributed by atoms with Gasteiger partial charge in [-0.25, -0.2) is 9.80 Å². The maximum atomic E-state index is 13.8. The van der Waals surface area contributed by atoms with E-state index in [2.05, 4.69) is 10.4 Å². The summed E-state index contributed by atoms with van der Waals surface area (Å²) in [5.41, 5.74) is -1.52. The van der Waals surface area contributed by atoms with E-state index < -0.39 is 35.2 Å². The number of nitrogens with one attached hydrogen (secondary N) is 1. The third-order valence-electron chi connectivity index (χ3n) is 5.66. The van der Waals surface area contributed by atoms with Gasteiger partial charge in [0.2, 0.25) is 11.8 Å². The number of carboxylic acid groups (broad SMARTS) is 1. The zero-order chi connectivity index (χ0) is 25.5.